The van der Waals surface area contributed by atoms with Crippen LogP contribution in [0.3, 0.4) is 0 Å². The van der Waals surface area contributed by atoms with Crippen LogP contribution in [0.15, 0.2) is 24.4 Å². The Kier molecular flexibility index (Phi) is 6.99. The van der Waals surface area contributed by atoms with Gasteiger partial charge in [0, 0.05) is 30.8 Å². The molecule has 5 N–H and O–H groups in total. The summed E-state index contributed by atoms with van der Waals surface area (Å²) in [7, 11) is 0. The number of nitrogens with one attached hydrogen (secondary N) is 1. The van der Waals surface area contributed by atoms with Crippen LogP contribution in [0.25, 0.3) is 11.0 Å². The molecule has 0 atom stereocenters. The maximum absolute atomic E-state index is 13.1. The molecular formula is C23H30ClN8O2+. The monoisotopic (exact) mass is 485 g/mol. The number of hydrogen-bond acceptors (Lipinski definition) is 6. The number of carbonyl (C=O) groups is 2. The molecule has 0 radical (unpaired) electrons. The predicted molar refractivity (Wildman–Crippen MR) is 129 cm³/mol. The molecular weight excluding hydrogens is 456 g/mol. The fraction of sp³-hybridized carbons (Fsp3) is 0.435. The lowest BCUT2D eigenvalue weighted by Crippen LogP contribution is -2.42. The van der Waals surface area contributed by atoms with Crippen LogP contribution in [0.2, 0.25) is 5.15 Å². The topological polar surface area (TPSA) is 136 Å². The summed E-state index contributed by atoms with van der Waals surface area (Å²) in [5, 5.41) is 2.97. The minimum atomic E-state index is -0.456. The number of carbonyl (C=O) groups excluding carboxylic acids is 2. The highest BCUT2D eigenvalue weighted by Crippen LogP contribution is 2.20. The van der Waals surface area contributed by atoms with E-state index in [1.807, 2.05) is 36.9 Å². The van der Waals surface area contributed by atoms with E-state index < -0.39 is 5.91 Å². The van der Waals surface area contributed by atoms with E-state index in [9.17, 15) is 9.59 Å². The highest BCUT2D eigenvalue weighted by Gasteiger charge is 2.27. The number of piperidine rings is 1. The molecule has 2 amide bonds. The van der Waals surface area contributed by atoms with Crippen molar-refractivity contribution in [1.82, 2.24) is 24.8 Å². The van der Waals surface area contributed by atoms with Gasteiger partial charge in [-0.2, -0.15) is 0 Å². The van der Waals surface area contributed by atoms with Gasteiger partial charge in [0.2, 0.25) is 0 Å². The second-order valence-electron chi connectivity index (χ2n) is 8.35. The number of halogens is 1. The lowest BCUT2D eigenvalue weighted by Gasteiger charge is -2.30. The van der Waals surface area contributed by atoms with Crippen LogP contribution in [-0.2, 0) is 19.6 Å². The third-order valence-corrected chi connectivity index (χ3v) is 6.46. The Labute approximate surface area is 202 Å². The maximum Gasteiger partial charge on any atom is 0.277 e. The van der Waals surface area contributed by atoms with E-state index in [1.54, 1.807) is 0 Å². The Bertz CT molecular complexity index is 1230. The number of benzene rings is 1. The van der Waals surface area contributed by atoms with Crippen molar-refractivity contribution < 1.29 is 14.2 Å². The van der Waals surface area contributed by atoms with Gasteiger partial charge < -0.3 is 21.7 Å². The smallest absolute Gasteiger partial charge is 0.277 e. The molecule has 1 saturated heterocycles. The minimum Gasteiger partial charge on any atom is -0.382 e. The molecule has 3 heterocycles. The van der Waals surface area contributed by atoms with Crippen molar-refractivity contribution in [2.75, 3.05) is 18.8 Å². The van der Waals surface area contributed by atoms with Gasteiger partial charge in [-0.25, -0.2) is 19.1 Å². The molecule has 1 aromatic carbocycles. The van der Waals surface area contributed by atoms with Crippen LogP contribution in [0, 0.1) is 0 Å². The molecule has 4 rings (SSSR count). The van der Waals surface area contributed by atoms with E-state index >= 15 is 0 Å². The molecule has 0 aliphatic carbocycles. The standard InChI is InChI=1S/C23H29ClN8O2/c1-3-31-16-6-5-14(23(34)30-9-7-15(25)8-10-30)11-17(16)32(4-2)19(31)13-28-22(33)20-21(26)27-12-18(24)29-20/h5-6,11-12,15H,3-4,7-10,13,25H2,1-2H3,(H2-,26,27,28,33)/p+1. The van der Waals surface area contributed by atoms with Gasteiger partial charge >= 0.3 is 0 Å². The van der Waals surface area contributed by atoms with Gasteiger partial charge in [0.15, 0.2) is 22.5 Å². The summed E-state index contributed by atoms with van der Waals surface area (Å²) < 4.78 is 4.23. The van der Waals surface area contributed by atoms with Crippen molar-refractivity contribution in [1.29, 1.82) is 0 Å². The number of amides is 2. The fourth-order valence-electron chi connectivity index (χ4n) is 4.49. The van der Waals surface area contributed by atoms with Crippen LogP contribution in [0.4, 0.5) is 5.82 Å². The second-order valence-corrected chi connectivity index (χ2v) is 8.73. The number of aromatic nitrogens is 4. The van der Waals surface area contributed by atoms with E-state index in [4.69, 9.17) is 23.1 Å². The van der Waals surface area contributed by atoms with Crippen molar-refractivity contribution in [3.8, 4) is 0 Å². The minimum absolute atomic E-state index is 0.0103. The zero-order valence-electron chi connectivity index (χ0n) is 19.4. The molecule has 0 bridgehead atoms. The van der Waals surface area contributed by atoms with Crippen LogP contribution in [-0.4, -0.2) is 50.4 Å². The quantitative estimate of drug-likeness (QED) is 0.452. The average molecular weight is 486 g/mol. The van der Waals surface area contributed by atoms with E-state index in [0.717, 1.165) is 29.7 Å². The van der Waals surface area contributed by atoms with Crippen molar-refractivity contribution in [3.05, 3.63) is 46.6 Å². The van der Waals surface area contributed by atoms with Gasteiger partial charge in [-0.1, -0.05) is 11.6 Å². The first-order chi connectivity index (χ1) is 16.3. The summed E-state index contributed by atoms with van der Waals surface area (Å²) in [6, 6.07) is 5.95. The SMILES string of the molecule is CCn1c(CNC(=O)c2nc(Cl)cnc2N)[n+](CC)c2ccc(C(=O)N3CCC(N)CC3)cc21. The molecule has 34 heavy (non-hydrogen) atoms. The molecule has 0 unspecified atom stereocenters. The van der Waals surface area contributed by atoms with E-state index in [1.165, 1.54) is 6.20 Å². The molecule has 1 aliphatic heterocycles. The Balaban J connectivity index is 1.63. The number of imidazole rings is 1. The molecule has 2 aromatic heterocycles. The summed E-state index contributed by atoms with van der Waals surface area (Å²) in [6.07, 6.45) is 2.94. The Morgan fingerprint density at radius 3 is 2.68 bits per heavy atom. The van der Waals surface area contributed by atoms with Crippen molar-refractivity contribution in [2.24, 2.45) is 5.73 Å². The van der Waals surface area contributed by atoms with E-state index in [-0.39, 0.29) is 35.2 Å². The Hall–Kier alpha value is -3.24. The number of hydrogen-bond donors (Lipinski definition) is 3. The Morgan fingerprint density at radius 1 is 1.26 bits per heavy atom. The summed E-state index contributed by atoms with van der Waals surface area (Å²) in [6.45, 7) is 7.04. The van der Waals surface area contributed by atoms with Crippen LogP contribution >= 0.6 is 11.6 Å². The number of aryl methyl sites for hydroxylation is 2. The maximum atomic E-state index is 13.1. The second kappa shape index (κ2) is 9.94. The van der Waals surface area contributed by atoms with Crippen molar-refractivity contribution in [3.63, 3.8) is 0 Å². The molecule has 1 fully saturated rings. The highest BCUT2D eigenvalue weighted by molar-refractivity contribution is 6.29. The third kappa shape index (κ3) is 4.55. The average Bonchev–Trinajstić information content (AvgIpc) is 3.15. The van der Waals surface area contributed by atoms with Gasteiger partial charge in [-0.3, -0.25) is 9.59 Å². The molecule has 0 saturated carbocycles. The summed E-state index contributed by atoms with van der Waals surface area (Å²) in [4.78, 5) is 35.6. The van der Waals surface area contributed by atoms with Gasteiger partial charge in [0.05, 0.1) is 19.3 Å². The number of nitrogens with two attached hydrogens (primary N) is 2. The predicted octanol–water partition coefficient (Wildman–Crippen LogP) is 1.49. The third-order valence-electron chi connectivity index (χ3n) is 6.28. The van der Waals surface area contributed by atoms with Gasteiger partial charge in [-0.15, -0.1) is 0 Å². The lowest BCUT2D eigenvalue weighted by molar-refractivity contribution is -0.676. The first-order valence-electron chi connectivity index (χ1n) is 11.5. The summed E-state index contributed by atoms with van der Waals surface area (Å²) in [5.41, 5.74) is 14.4. The van der Waals surface area contributed by atoms with E-state index in [2.05, 4.69) is 24.4 Å². The zero-order valence-corrected chi connectivity index (χ0v) is 20.2. The summed E-state index contributed by atoms with van der Waals surface area (Å²) >= 11 is 5.88. The van der Waals surface area contributed by atoms with E-state index in [0.29, 0.717) is 31.7 Å². The summed E-state index contributed by atoms with van der Waals surface area (Å²) in [5.74, 6) is 0.478. The van der Waals surface area contributed by atoms with Gasteiger partial charge in [0.25, 0.3) is 17.6 Å². The van der Waals surface area contributed by atoms with Gasteiger partial charge in [-0.05, 0) is 38.8 Å². The number of nitrogens with zero attached hydrogens (tertiary/aromatic N) is 5. The van der Waals surface area contributed by atoms with Crippen LogP contribution < -0.4 is 21.4 Å². The fourth-order valence-corrected chi connectivity index (χ4v) is 4.63. The molecule has 11 heteroatoms. The van der Waals surface area contributed by atoms with Crippen LogP contribution in [0.1, 0.15) is 53.4 Å². The number of rotatable bonds is 6. The van der Waals surface area contributed by atoms with Crippen LogP contribution in [0.5, 0.6) is 0 Å². The first kappa shape index (κ1) is 23.9. The number of nitrogen functional groups attached to an aromatic ring is 1. The first-order valence-corrected chi connectivity index (χ1v) is 11.9. The molecule has 180 valence electrons. The largest absolute Gasteiger partial charge is 0.382 e. The normalized spacial score (nSPS) is 14.5. The zero-order chi connectivity index (χ0) is 24.4. The highest BCUT2D eigenvalue weighted by atomic mass is 35.5. The van der Waals surface area contributed by atoms with Crippen molar-refractivity contribution >= 4 is 40.3 Å². The number of fused-ring (bicyclic) bond motifs is 1. The number of likely N-dealkylation sites (tertiary alicyclic amines) is 1. The number of anilines is 1. The lowest BCUT2D eigenvalue weighted by atomic mass is 10.0. The molecule has 10 nitrogen and oxygen atoms in total. The molecule has 0 spiro atoms. The molecule has 1 aliphatic rings. The Morgan fingerprint density at radius 2 is 2.00 bits per heavy atom. The van der Waals surface area contributed by atoms with Gasteiger partial charge in [0.1, 0.15) is 11.7 Å². The molecule has 3 aromatic rings. The van der Waals surface area contributed by atoms with Crippen molar-refractivity contribution in [2.45, 2.75) is 52.4 Å².